The molecule has 42 heavy (non-hydrogen) atoms. The van der Waals surface area contributed by atoms with Gasteiger partial charge in [-0.1, -0.05) is 30.7 Å². The SMILES string of the molecule is COCCC1OC(=O)C(COC)C2C=CC34OC5C(OC(=O)c6cc(C)c[nH]6)C(COC)C(O)C(C53)C24C(C)=CC1C. The van der Waals surface area contributed by atoms with Crippen LogP contribution in [0.5, 0.6) is 0 Å². The largest absolute Gasteiger partial charge is 0.461 e. The van der Waals surface area contributed by atoms with Gasteiger partial charge in [0.05, 0.1) is 25.2 Å². The molecule has 12 atom stereocenters. The van der Waals surface area contributed by atoms with Gasteiger partial charge in [-0.2, -0.15) is 0 Å². The summed E-state index contributed by atoms with van der Waals surface area (Å²) in [4.78, 5) is 29.9. The average Bonchev–Trinajstić information content (AvgIpc) is 3.53. The van der Waals surface area contributed by atoms with Gasteiger partial charge in [0, 0.05) is 75.6 Å². The Bertz CT molecular complexity index is 1270. The molecular formula is C32H43NO9. The molecule has 0 aromatic carbocycles. The monoisotopic (exact) mass is 585 g/mol. The summed E-state index contributed by atoms with van der Waals surface area (Å²) in [5.74, 6) is -2.64. The van der Waals surface area contributed by atoms with E-state index in [1.54, 1.807) is 33.6 Å². The van der Waals surface area contributed by atoms with Crippen LogP contribution >= 0.6 is 0 Å². The molecule has 2 N–H and O–H groups in total. The third-order valence-electron chi connectivity index (χ3n) is 10.7. The molecule has 1 aromatic heterocycles. The molecule has 5 aliphatic rings. The first-order valence-electron chi connectivity index (χ1n) is 14.9. The van der Waals surface area contributed by atoms with Gasteiger partial charge in [0.2, 0.25) is 0 Å². The number of aliphatic hydroxyl groups is 1. The van der Waals surface area contributed by atoms with E-state index in [1.807, 2.05) is 6.92 Å². The molecule has 0 bridgehead atoms. The number of carbonyl (C=O) groups excluding carboxylic acids is 2. The van der Waals surface area contributed by atoms with Gasteiger partial charge in [0.1, 0.15) is 29.6 Å². The first-order valence-corrected chi connectivity index (χ1v) is 14.9. The second kappa shape index (κ2) is 10.9. The highest BCUT2D eigenvalue weighted by Crippen LogP contribution is 2.81. The molecule has 1 saturated heterocycles. The van der Waals surface area contributed by atoms with E-state index in [9.17, 15) is 14.7 Å². The summed E-state index contributed by atoms with van der Waals surface area (Å²) >= 11 is 0. The average molecular weight is 586 g/mol. The number of aryl methyl sites for hydroxylation is 1. The van der Waals surface area contributed by atoms with Crippen molar-refractivity contribution in [1.82, 2.24) is 4.98 Å². The maximum atomic E-state index is 13.8. The molecule has 3 aliphatic carbocycles. The van der Waals surface area contributed by atoms with E-state index in [1.165, 1.54) is 0 Å². The number of cyclic esters (lactones) is 1. The number of rotatable bonds is 9. The number of aromatic amines is 1. The third-order valence-corrected chi connectivity index (χ3v) is 10.7. The first-order chi connectivity index (χ1) is 20.2. The zero-order valence-electron chi connectivity index (χ0n) is 25.2. The van der Waals surface area contributed by atoms with Crippen molar-refractivity contribution in [2.45, 2.75) is 57.2 Å². The van der Waals surface area contributed by atoms with Crippen LogP contribution in [0.3, 0.4) is 0 Å². The highest BCUT2D eigenvalue weighted by atomic mass is 16.6. The standard InChI is InChI=1S/C32H43NO9/c1-16-11-22(33-13-16)30(36)41-27-20(15-39-6)26(34)24-25-28(27)42-31(25)9-7-21-19(14-38-5)29(35)40-23(8-10-37-4)17(2)12-18(3)32(21,24)31/h7,9,11-13,17,19-21,23-28,33-34H,8,10,14-15H2,1-6H3. The number of nitrogens with one attached hydrogen (secondary N) is 1. The zero-order chi connectivity index (χ0) is 30.0. The molecule has 230 valence electrons. The van der Waals surface area contributed by atoms with Gasteiger partial charge in [-0.05, 0) is 25.5 Å². The molecule has 10 heteroatoms. The van der Waals surface area contributed by atoms with Crippen molar-refractivity contribution < 1.29 is 43.1 Å². The van der Waals surface area contributed by atoms with E-state index < -0.39 is 47.1 Å². The number of allylic oxidation sites excluding steroid dienone is 1. The fourth-order valence-corrected chi connectivity index (χ4v) is 9.14. The zero-order valence-corrected chi connectivity index (χ0v) is 25.2. The number of esters is 2. The van der Waals surface area contributed by atoms with Crippen LogP contribution in [-0.4, -0.2) is 93.2 Å². The molecule has 3 heterocycles. The summed E-state index contributed by atoms with van der Waals surface area (Å²) in [5.41, 5.74) is 0.940. The molecule has 0 radical (unpaired) electrons. The van der Waals surface area contributed by atoms with Crippen LogP contribution in [0.15, 0.2) is 36.1 Å². The predicted molar refractivity (Wildman–Crippen MR) is 150 cm³/mol. The molecule has 2 aliphatic heterocycles. The number of methoxy groups -OCH3 is 3. The molecule has 1 aromatic rings. The quantitative estimate of drug-likeness (QED) is 0.332. The minimum atomic E-state index is -0.864. The lowest BCUT2D eigenvalue weighted by atomic mass is 9.32. The topological polar surface area (TPSA) is 126 Å². The maximum Gasteiger partial charge on any atom is 0.355 e. The van der Waals surface area contributed by atoms with Crippen LogP contribution < -0.4 is 0 Å². The molecule has 0 amide bonds. The van der Waals surface area contributed by atoms with Crippen molar-refractivity contribution in [1.29, 1.82) is 0 Å². The predicted octanol–water partition coefficient (Wildman–Crippen LogP) is 2.85. The molecule has 6 rings (SSSR count). The van der Waals surface area contributed by atoms with Gasteiger partial charge in [0.15, 0.2) is 0 Å². The van der Waals surface area contributed by atoms with E-state index in [4.69, 9.17) is 28.4 Å². The van der Waals surface area contributed by atoms with Gasteiger partial charge in [-0.25, -0.2) is 4.79 Å². The summed E-state index contributed by atoms with van der Waals surface area (Å²) in [6.07, 6.45) is 6.33. The van der Waals surface area contributed by atoms with Crippen molar-refractivity contribution in [3.8, 4) is 0 Å². The van der Waals surface area contributed by atoms with E-state index in [2.05, 4.69) is 37.1 Å². The number of hydrogen-bond acceptors (Lipinski definition) is 9. The molecule has 3 fully saturated rings. The lowest BCUT2D eigenvalue weighted by molar-refractivity contribution is -0.440. The van der Waals surface area contributed by atoms with E-state index in [0.717, 1.165) is 11.1 Å². The van der Waals surface area contributed by atoms with Crippen LogP contribution in [0.2, 0.25) is 0 Å². The fraction of sp³-hybridized carbons (Fsp3) is 0.688. The minimum absolute atomic E-state index is 0.0820. The van der Waals surface area contributed by atoms with Gasteiger partial charge in [-0.3, -0.25) is 4.79 Å². The lowest BCUT2D eigenvalue weighted by Gasteiger charge is -2.80. The Morgan fingerprint density at radius 2 is 1.88 bits per heavy atom. The van der Waals surface area contributed by atoms with Crippen molar-refractivity contribution >= 4 is 11.9 Å². The van der Waals surface area contributed by atoms with E-state index in [-0.39, 0.29) is 49.0 Å². The summed E-state index contributed by atoms with van der Waals surface area (Å²) in [6.45, 7) is 6.88. The van der Waals surface area contributed by atoms with Crippen molar-refractivity contribution in [2.24, 2.45) is 40.9 Å². The number of aliphatic hydroxyl groups excluding tert-OH is 1. The van der Waals surface area contributed by atoms with E-state index >= 15 is 0 Å². The van der Waals surface area contributed by atoms with Crippen LogP contribution in [0, 0.1) is 47.8 Å². The van der Waals surface area contributed by atoms with Crippen molar-refractivity contribution in [3.05, 3.63) is 47.3 Å². The van der Waals surface area contributed by atoms with Crippen LogP contribution in [-0.2, 0) is 33.2 Å². The summed E-state index contributed by atoms with van der Waals surface area (Å²) < 4.78 is 35.5. The Kier molecular flexibility index (Phi) is 7.67. The van der Waals surface area contributed by atoms with Crippen molar-refractivity contribution in [3.63, 3.8) is 0 Å². The minimum Gasteiger partial charge on any atom is -0.461 e. The Hall–Kier alpha value is -2.50. The van der Waals surface area contributed by atoms with Gasteiger partial charge >= 0.3 is 11.9 Å². The van der Waals surface area contributed by atoms with Gasteiger partial charge in [-0.15, -0.1) is 0 Å². The maximum absolute atomic E-state index is 13.8. The normalized spacial score (nSPS) is 43.3. The van der Waals surface area contributed by atoms with Gasteiger partial charge in [0.25, 0.3) is 0 Å². The molecule has 2 spiro atoms. The second-order valence-electron chi connectivity index (χ2n) is 12.8. The summed E-state index contributed by atoms with van der Waals surface area (Å²) in [7, 11) is 4.80. The van der Waals surface area contributed by atoms with Crippen LogP contribution in [0.4, 0.5) is 0 Å². The number of hydrogen-bond donors (Lipinski definition) is 2. The van der Waals surface area contributed by atoms with Gasteiger partial charge < -0.3 is 38.5 Å². The highest BCUT2D eigenvalue weighted by molar-refractivity contribution is 5.87. The van der Waals surface area contributed by atoms with Crippen LogP contribution in [0.1, 0.15) is 36.3 Å². The Morgan fingerprint density at radius 3 is 2.55 bits per heavy atom. The highest BCUT2D eigenvalue weighted by Gasteiger charge is 2.88. The summed E-state index contributed by atoms with van der Waals surface area (Å²) in [6, 6.07) is 1.74. The smallest absolute Gasteiger partial charge is 0.355 e. The first kappa shape index (κ1) is 29.6. The Morgan fingerprint density at radius 1 is 1.12 bits per heavy atom. The molecule has 2 saturated carbocycles. The lowest BCUT2D eigenvalue weighted by Crippen LogP contribution is -2.89. The number of carbonyl (C=O) groups is 2. The number of ether oxygens (including phenoxy) is 6. The molecule has 10 nitrogen and oxygen atoms in total. The number of H-pyrrole nitrogens is 1. The van der Waals surface area contributed by atoms with Crippen molar-refractivity contribution in [2.75, 3.05) is 41.2 Å². The van der Waals surface area contributed by atoms with E-state index in [0.29, 0.717) is 18.7 Å². The third kappa shape index (κ3) is 3.95. The Labute approximate surface area is 246 Å². The molecular weight excluding hydrogens is 542 g/mol. The number of aromatic nitrogens is 1. The molecule has 12 unspecified atom stereocenters. The summed E-state index contributed by atoms with van der Waals surface area (Å²) in [5, 5.41) is 12.2. The van der Waals surface area contributed by atoms with Crippen LogP contribution in [0.25, 0.3) is 0 Å². The second-order valence-corrected chi connectivity index (χ2v) is 12.8. The Balaban J connectivity index is 1.40. The fourth-order valence-electron chi connectivity index (χ4n) is 9.14.